The number of carbonyl (C=O) groups is 1. The maximum atomic E-state index is 11.5. The van der Waals surface area contributed by atoms with Crippen LogP contribution in [0, 0.1) is 5.92 Å². The summed E-state index contributed by atoms with van der Waals surface area (Å²) in [5.74, 6) is 0.470. The molecule has 1 atom stereocenters. The van der Waals surface area contributed by atoms with Crippen molar-refractivity contribution in [3.8, 4) is 0 Å². The van der Waals surface area contributed by atoms with E-state index in [1.165, 1.54) is 0 Å². The summed E-state index contributed by atoms with van der Waals surface area (Å²) in [5.41, 5.74) is 1.12. The highest BCUT2D eigenvalue weighted by Crippen LogP contribution is 2.29. The van der Waals surface area contributed by atoms with E-state index in [0.717, 1.165) is 22.8 Å². The predicted octanol–water partition coefficient (Wildman–Crippen LogP) is 4.34. The van der Waals surface area contributed by atoms with Gasteiger partial charge in [0.05, 0.1) is 11.3 Å². The SMILES string of the molecule is CCSc1cccc(NC(CC)C(C)C)c1C(=O)O. The number of aromatic carboxylic acids is 1. The molecular weight excluding hydrogens is 258 g/mol. The molecule has 0 heterocycles. The Morgan fingerprint density at radius 3 is 2.53 bits per heavy atom. The Kier molecular flexibility index (Phi) is 6.22. The fourth-order valence-electron chi connectivity index (χ4n) is 2.09. The van der Waals surface area contributed by atoms with Crippen LogP contribution in [0.1, 0.15) is 44.5 Å². The predicted molar refractivity (Wildman–Crippen MR) is 82.3 cm³/mol. The van der Waals surface area contributed by atoms with Gasteiger partial charge in [0.25, 0.3) is 0 Å². The number of hydrogen-bond acceptors (Lipinski definition) is 3. The van der Waals surface area contributed by atoms with Crippen LogP contribution in [0.25, 0.3) is 0 Å². The van der Waals surface area contributed by atoms with Crippen molar-refractivity contribution in [1.29, 1.82) is 0 Å². The molecule has 106 valence electrons. The molecule has 0 bridgehead atoms. The summed E-state index contributed by atoms with van der Waals surface area (Å²) in [6.45, 7) is 8.43. The standard InChI is InChI=1S/C15H23NO2S/c1-5-11(10(3)4)16-12-8-7-9-13(19-6-2)14(12)15(17)18/h7-11,16H,5-6H2,1-4H3,(H,17,18). The molecule has 0 saturated carbocycles. The van der Waals surface area contributed by atoms with Crippen LogP contribution in [0.15, 0.2) is 23.1 Å². The quantitative estimate of drug-likeness (QED) is 0.730. The van der Waals surface area contributed by atoms with Gasteiger partial charge in [0, 0.05) is 10.9 Å². The van der Waals surface area contributed by atoms with E-state index in [2.05, 4.69) is 26.1 Å². The number of carboxylic acid groups (broad SMARTS) is 1. The van der Waals surface area contributed by atoms with E-state index in [9.17, 15) is 9.90 Å². The van der Waals surface area contributed by atoms with Crippen LogP contribution in [0.3, 0.4) is 0 Å². The second-order valence-corrected chi connectivity index (χ2v) is 6.13. The van der Waals surface area contributed by atoms with E-state index in [-0.39, 0.29) is 0 Å². The van der Waals surface area contributed by atoms with E-state index in [4.69, 9.17) is 0 Å². The Balaban J connectivity index is 3.12. The third kappa shape index (κ3) is 4.16. The first kappa shape index (κ1) is 15.9. The van der Waals surface area contributed by atoms with Gasteiger partial charge in [-0.3, -0.25) is 0 Å². The van der Waals surface area contributed by atoms with E-state index >= 15 is 0 Å². The van der Waals surface area contributed by atoms with Gasteiger partial charge in [0.1, 0.15) is 0 Å². The molecule has 0 amide bonds. The largest absolute Gasteiger partial charge is 0.478 e. The van der Waals surface area contributed by atoms with Crippen molar-refractivity contribution in [1.82, 2.24) is 0 Å². The van der Waals surface area contributed by atoms with Gasteiger partial charge >= 0.3 is 5.97 Å². The van der Waals surface area contributed by atoms with Crippen molar-refractivity contribution in [2.24, 2.45) is 5.92 Å². The number of nitrogens with one attached hydrogen (secondary N) is 1. The van der Waals surface area contributed by atoms with Crippen LogP contribution in [-0.2, 0) is 0 Å². The minimum atomic E-state index is -0.863. The fraction of sp³-hybridized carbons (Fsp3) is 0.533. The third-order valence-electron chi connectivity index (χ3n) is 3.13. The summed E-state index contributed by atoms with van der Waals surface area (Å²) < 4.78 is 0. The molecule has 19 heavy (non-hydrogen) atoms. The van der Waals surface area contributed by atoms with E-state index in [1.807, 2.05) is 25.1 Å². The molecule has 0 saturated heterocycles. The van der Waals surface area contributed by atoms with Gasteiger partial charge in [0.2, 0.25) is 0 Å². The zero-order valence-electron chi connectivity index (χ0n) is 12.1. The number of thioether (sulfide) groups is 1. The molecule has 1 aromatic rings. The van der Waals surface area contributed by atoms with Crippen LogP contribution < -0.4 is 5.32 Å². The highest BCUT2D eigenvalue weighted by atomic mass is 32.2. The summed E-state index contributed by atoms with van der Waals surface area (Å²) in [6, 6.07) is 5.94. The van der Waals surface area contributed by atoms with Crippen LogP contribution >= 0.6 is 11.8 Å². The highest BCUT2D eigenvalue weighted by Gasteiger charge is 2.18. The number of hydrogen-bond donors (Lipinski definition) is 2. The Bertz CT molecular complexity index is 432. The van der Waals surface area contributed by atoms with Crippen LogP contribution in [0.4, 0.5) is 5.69 Å². The summed E-state index contributed by atoms with van der Waals surface area (Å²) in [6.07, 6.45) is 0.974. The van der Waals surface area contributed by atoms with Crippen molar-refractivity contribution in [3.05, 3.63) is 23.8 Å². The van der Waals surface area contributed by atoms with Gasteiger partial charge in [-0.05, 0) is 30.2 Å². The van der Waals surface area contributed by atoms with Gasteiger partial charge in [-0.25, -0.2) is 4.79 Å². The number of carboxylic acids is 1. The van der Waals surface area contributed by atoms with Gasteiger partial charge in [-0.15, -0.1) is 11.8 Å². The summed E-state index contributed by atoms with van der Waals surface area (Å²) in [5, 5.41) is 12.8. The van der Waals surface area contributed by atoms with E-state index < -0.39 is 5.97 Å². The minimum absolute atomic E-state index is 0.292. The van der Waals surface area contributed by atoms with Crippen LogP contribution in [0.2, 0.25) is 0 Å². The lowest BCUT2D eigenvalue weighted by atomic mass is 10.0. The monoisotopic (exact) mass is 281 g/mol. The lowest BCUT2D eigenvalue weighted by Crippen LogP contribution is -2.25. The highest BCUT2D eigenvalue weighted by molar-refractivity contribution is 7.99. The Morgan fingerprint density at radius 1 is 1.37 bits per heavy atom. The summed E-state index contributed by atoms with van der Waals surface area (Å²) in [7, 11) is 0. The smallest absolute Gasteiger partial charge is 0.338 e. The molecule has 4 heteroatoms. The third-order valence-corrected chi connectivity index (χ3v) is 4.07. The maximum Gasteiger partial charge on any atom is 0.338 e. The molecule has 0 aliphatic carbocycles. The van der Waals surface area contributed by atoms with Gasteiger partial charge < -0.3 is 10.4 Å². The molecule has 1 aromatic carbocycles. The molecule has 1 unspecified atom stereocenters. The molecular formula is C15H23NO2S. The van der Waals surface area contributed by atoms with Crippen LogP contribution in [-0.4, -0.2) is 22.9 Å². The average Bonchev–Trinajstić information content (AvgIpc) is 2.35. The first-order valence-corrected chi connectivity index (χ1v) is 7.75. The molecule has 0 aromatic heterocycles. The zero-order chi connectivity index (χ0) is 14.4. The Labute approximate surface area is 119 Å². The van der Waals surface area contributed by atoms with Crippen molar-refractivity contribution in [2.45, 2.75) is 45.1 Å². The lowest BCUT2D eigenvalue weighted by Gasteiger charge is -2.23. The topological polar surface area (TPSA) is 49.3 Å². The number of rotatable bonds is 7. The van der Waals surface area contributed by atoms with Gasteiger partial charge in [-0.1, -0.05) is 33.8 Å². The first-order valence-electron chi connectivity index (χ1n) is 6.76. The number of anilines is 1. The summed E-state index contributed by atoms with van der Waals surface area (Å²) >= 11 is 1.57. The van der Waals surface area contributed by atoms with Crippen LogP contribution in [0.5, 0.6) is 0 Å². The van der Waals surface area contributed by atoms with E-state index in [1.54, 1.807) is 11.8 Å². The molecule has 2 N–H and O–H groups in total. The molecule has 0 fully saturated rings. The normalized spacial score (nSPS) is 12.5. The molecule has 0 aliphatic heterocycles. The lowest BCUT2D eigenvalue weighted by molar-refractivity contribution is 0.0694. The van der Waals surface area contributed by atoms with Crippen molar-refractivity contribution >= 4 is 23.4 Å². The zero-order valence-corrected chi connectivity index (χ0v) is 12.9. The second-order valence-electron chi connectivity index (χ2n) is 4.82. The van der Waals surface area contributed by atoms with E-state index in [0.29, 0.717) is 17.5 Å². The van der Waals surface area contributed by atoms with Gasteiger partial charge in [0.15, 0.2) is 0 Å². The molecule has 1 rings (SSSR count). The molecule has 3 nitrogen and oxygen atoms in total. The van der Waals surface area contributed by atoms with Crippen molar-refractivity contribution < 1.29 is 9.90 Å². The molecule has 0 radical (unpaired) electrons. The number of benzene rings is 1. The Hall–Kier alpha value is -1.16. The maximum absolute atomic E-state index is 11.5. The Morgan fingerprint density at radius 2 is 2.05 bits per heavy atom. The van der Waals surface area contributed by atoms with Crippen molar-refractivity contribution in [3.63, 3.8) is 0 Å². The molecule has 0 aliphatic rings. The second kappa shape index (κ2) is 7.43. The first-order chi connectivity index (χ1) is 9.01. The van der Waals surface area contributed by atoms with Crippen molar-refractivity contribution in [2.75, 3.05) is 11.1 Å². The average molecular weight is 281 g/mol. The minimum Gasteiger partial charge on any atom is -0.478 e. The fourth-order valence-corrected chi connectivity index (χ4v) is 2.92. The molecule has 0 spiro atoms. The van der Waals surface area contributed by atoms with Gasteiger partial charge in [-0.2, -0.15) is 0 Å². The summed E-state index contributed by atoms with van der Waals surface area (Å²) in [4.78, 5) is 12.3.